The molecule has 2 N–H and O–H groups in total. The van der Waals surface area contributed by atoms with Crippen LogP contribution in [0.2, 0.25) is 0 Å². The first-order valence-electron chi connectivity index (χ1n) is 7.99. The zero-order chi connectivity index (χ0) is 17.5. The number of quaternary nitrogens is 1. The van der Waals surface area contributed by atoms with E-state index in [1.165, 1.54) is 11.0 Å². The topological polar surface area (TPSA) is 63.1 Å². The minimum atomic E-state index is -0.992. The molecule has 1 aliphatic rings. The Labute approximate surface area is 139 Å². The summed E-state index contributed by atoms with van der Waals surface area (Å²) in [5.41, 5.74) is 0.237. The van der Waals surface area contributed by atoms with Gasteiger partial charge in [-0.2, -0.15) is 0 Å². The smallest absolute Gasteiger partial charge is 0.410 e. The van der Waals surface area contributed by atoms with Gasteiger partial charge in [0.1, 0.15) is 0 Å². The van der Waals surface area contributed by atoms with Crippen LogP contribution in [0.25, 0.3) is 0 Å². The van der Waals surface area contributed by atoms with E-state index in [1.54, 1.807) is 11.8 Å². The number of anilines is 1. The summed E-state index contributed by atoms with van der Waals surface area (Å²) in [4.78, 5) is 26.4. The third-order valence-electron chi connectivity index (χ3n) is 3.91. The predicted octanol–water partition coefficient (Wildman–Crippen LogP) is 0.650. The first-order valence-corrected chi connectivity index (χ1v) is 7.99. The first kappa shape index (κ1) is 18.1. The van der Waals surface area contributed by atoms with Gasteiger partial charge in [0.05, 0.1) is 45.8 Å². The van der Waals surface area contributed by atoms with Gasteiger partial charge in [0, 0.05) is 11.8 Å². The lowest BCUT2D eigenvalue weighted by molar-refractivity contribution is -0.903. The predicted molar refractivity (Wildman–Crippen MR) is 83.8 cm³/mol. The van der Waals surface area contributed by atoms with Crippen molar-refractivity contribution in [2.24, 2.45) is 0 Å². The summed E-state index contributed by atoms with van der Waals surface area (Å²) in [5.74, 6) is -2.19. The van der Waals surface area contributed by atoms with Crippen LogP contribution in [0.1, 0.15) is 13.3 Å². The van der Waals surface area contributed by atoms with Crippen molar-refractivity contribution in [1.29, 1.82) is 0 Å². The second kappa shape index (κ2) is 8.58. The van der Waals surface area contributed by atoms with Gasteiger partial charge in [0.15, 0.2) is 11.6 Å². The SMILES string of the molecule is CCOC(=O)N1CC[NH+](CCC(=O)Nc2ccc(F)c(F)c2)CC1. The van der Waals surface area contributed by atoms with Gasteiger partial charge in [0.2, 0.25) is 5.91 Å². The third kappa shape index (κ3) is 5.16. The molecule has 0 radical (unpaired) electrons. The maximum atomic E-state index is 13.1. The monoisotopic (exact) mass is 342 g/mol. The number of ether oxygens (including phenoxy) is 1. The second-order valence-corrected chi connectivity index (χ2v) is 5.61. The Kier molecular flexibility index (Phi) is 6.48. The molecule has 0 aliphatic carbocycles. The van der Waals surface area contributed by atoms with Crippen LogP contribution in [0.15, 0.2) is 18.2 Å². The summed E-state index contributed by atoms with van der Waals surface area (Å²) >= 11 is 0. The minimum Gasteiger partial charge on any atom is -0.450 e. The van der Waals surface area contributed by atoms with E-state index >= 15 is 0 Å². The standard InChI is InChI=1S/C16H21F2N3O3/c1-2-24-16(23)21-9-7-20(8-10-21)6-5-15(22)19-12-3-4-13(17)14(18)11-12/h3-4,11H,2,5-10H2,1H3,(H,19,22)/p+1. The Balaban J connectivity index is 1.71. The normalized spacial score (nSPS) is 15.2. The average Bonchev–Trinajstić information content (AvgIpc) is 2.57. The lowest BCUT2D eigenvalue weighted by Crippen LogP contribution is -3.15. The molecule has 24 heavy (non-hydrogen) atoms. The molecular formula is C16H22F2N3O3+. The van der Waals surface area contributed by atoms with Crippen molar-refractivity contribution in [3.05, 3.63) is 29.8 Å². The Morgan fingerprint density at radius 1 is 1.25 bits per heavy atom. The van der Waals surface area contributed by atoms with Gasteiger partial charge in [-0.05, 0) is 19.1 Å². The minimum absolute atomic E-state index is 0.237. The molecule has 8 heteroatoms. The molecule has 1 aromatic rings. The Morgan fingerprint density at radius 2 is 1.96 bits per heavy atom. The number of hydrogen-bond donors (Lipinski definition) is 2. The molecule has 2 amide bonds. The molecule has 1 aromatic carbocycles. The van der Waals surface area contributed by atoms with Crippen LogP contribution in [0.3, 0.4) is 0 Å². The number of amides is 2. The number of nitrogens with zero attached hydrogens (tertiary/aromatic N) is 1. The van der Waals surface area contributed by atoms with Gasteiger partial charge in [-0.15, -0.1) is 0 Å². The number of halogens is 2. The number of nitrogens with one attached hydrogen (secondary N) is 2. The van der Waals surface area contributed by atoms with Gasteiger partial charge in [-0.1, -0.05) is 0 Å². The molecule has 0 bridgehead atoms. The molecular weight excluding hydrogens is 320 g/mol. The second-order valence-electron chi connectivity index (χ2n) is 5.61. The number of piperazine rings is 1. The fourth-order valence-electron chi connectivity index (χ4n) is 2.56. The highest BCUT2D eigenvalue weighted by atomic mass is 19.2. The van der Waals surface area contributed by atoms with E-state index in [1.807, 2.05) is 0 Å². The lowest BCUT2D eigenvalue weighted by Gasteiger charge is -2.31. The Hall–Kier alpha value is -2.22. The highest BCUT2D eigenvalue weighted by Crippen LogP contribution is 2.13. The van der Waals surface area contributed by atoms with Crippen molar-refractivity contribution in [2.75, 3.05) is 44.6 Å². The number of benzene rings is 1. The van der Waals surface area contributed by atoms with E-state index in [4.69, 9.17) is 4.74 Å². The van der Waals surface area contributed by atoms with Crippen LogP contribution >= 0.6 is 0 Å². The van der Waals surface area contributed by atoms with E-state index in [-0.39, 0.29) is 24.1 Å². The third-order valence-corrected chi connectivity index (χ3v) is 3.91. The van der Waals surface area contributed by atoms with Crippen LogP contribution in [-0.4, -0.2) is 56.2 Å². The van der Waals surface area contributed by atoms with Crippen molar-refractivity contribution in [1.82, 2.24) is 4.90 Å². The molecule has 1 fully saturated rings. The maximum absolute atomic E-state index is 13.1. The lowest BCUT2D eigenvalue weighted by atomic mass is 10.2. The van der Waals surface area contributed by atoms with Gasteiger partial charge in [0.25, 0.3) is 0 Å². The van der Waals surface area contributed by atoms with Crippen molar-refractivity contribution in [3.63, 3.8) is 0 Å². The van der Waals surface area contributed by atoms with Crippen LogP contribution in [0.4, 0.5) is 19.3 Å². The van der Waals surface area contributed by atoms with Crippen molar-refractivity contribution < 1.29 is 28.0 Å². The summed E-state index contributed by atoms with van der Waals surface area (Å²) in [6.07, 6.45) is -0.0269. The Bertz CT molecular complexity index is 590. The van der Waals surface area contributed by atoms with Crippen molar-refractivity contribution >= 4 is 17.7 Å². The van der Waals surface area contributed by atoms with Gasteiger partial charge >= 0.3 is 6.09 Å². The summed E-state index contributed by atoms with van der Waals surface area (Å²) < 4.78 is 30.9. The van der Waals surface area contributed by atoms with Crippen LogP contribution < -0.4 is 10.2 Å². The molecule has 6 nitrogen and oxygen atoms in total. The molecule has 0 atom stereocenters. The maximum Gasteiger partial charge on any atom is 0.410 e. The van der Waals surface area contributed by atoms with E-state index in [2.05, 4.69) is 5.32 Å². The fourth-order valence-corrected chi connectivity index (χ4v) is 2.56. The molecule has 1 aliphatic heterocycles. The van der Waals surface area contributed by atoms with Crippen LogP contribution in [0.5, 0.6) is 0 Å². The average molecular weight is 342 g/mol. The van der Waals surface area contributed by atoms with Gasteiger partial charge in [-0.25, -0.2) is 13.6 Å². The molecule has 0 aromatic heterocycles. The van der Waals surface area contributed by atoms with E-state index in [0.29, 0.717) is 26.2 Å². The highest BCUT2D eigenvalue weighted by Gasteiger charge is 2.24. The first-order chi connectivity index (χ1) is 11.5. The van der Waals surface area contributed by atoms with E-state index in [9.17, 15) is 18.4 Å². The highest BCUT2D eigenvalue weighted by molar-refractivity contribution is 5.90. The van der Waals surface area contributed by atoms with Crippen molar-refractivity contribution in [3.8, 4) is 0 Å². The van der Waals surface area contributed by atoms with E-state index in [0.717, 1.165) is 25.2 Å². The quantitative estimate of drug-likeness (QED) is 0.826. The molecule has 0 saturated carbocycles. The van der Waals surface area contributed by atoms with Crippen LogP contribution in [-0.2, 0) is 9.53 Å². The summed E-state index contributed by atoms with van der Waals surface area (Å²) in [6.45, 7) is 5.43. The summed E-state index contributed by atoms with van der Waals surface area (Å²) in [6, 6.07) is 3.25. The number of carbonyl (C=O) groups excluding carboxylic acids is 2. The molecule has 0 unspecified atom stereocenters. The zero-order valence-corrected chi connectivity index (χ0v) is 13.6. The summed E-state index contributed by atoms with van der Waals surface area (Å²) in [5, 5.41) is 2.55. The molecule has 132 valence electrons. The van der Waals surface area contributed by atoms with E-state index < -0.39 is 11.6 Å². The van der Waals surface area contributed by atoms with Gasteiger partial charge in [-0.3, -0.25) is 9.69 Å². The number of rotatable bonds is 5. The molecule has 0 spiro atoms. The summed E-state index contributed by atoms with van der Waals surface area (Å²) in [7, 11) is 0. The van der Waals surface area contributed by atoms with Crippen LogP contribution in [0, 0.1) is 11.6 Å². The number of hydrogen-bond acceptors (Lipinski definition) is 3. The Morgan fingerprint density at radius 3 is 2.58 bits per heavy atom. The van der Waals surface area contributed by atoms with Crippen molar-refractivity contribution in [2.45, 2.75) is 13.3 Å². The zero-order valence-electron chi connectivity index (χ0n) is 13.6. The largest absolute Gasteiger partial charge is 0.450 e. The fraction of sp³-hybridized carbons (Fsp3) is 0.500. The molecule has 2 rings (SSSR count). The van der Waals surface area contributed by atoms with Gasteiger partial charge < -0.3 is 15.0 Å². The molecule has 1 heterocycles. The number of carbonyl (C=O) groups is 2. The molecule has 1 saturated heterocycles.